The molecule has 0 heterocycles. The number of benzene rings is 2. The van der Waals surface area contributed by atoms with Crippen LogP contribution in [0.1, 0.15) is 52.6 Å². The molecule has 0 spiro atoms. The van der Waals surface area contributed by atoms with Gasteiger partial charge < -0.3 is 4.74 Å². The van der Waals surface area contributed by atoms with Crippen molar-refractivity contribution in [3.8, 4) is 0 Å². The molecule has 0 atom stereocenters. The van der Waals surface area contributed by atoms with Crippen molar-refractivity contribution < 1.29 is 19.1 Å². The minimum Gasteiger partial charge on any atom is -0.463 e. The zero-order chi connectivity index (χ0) is 18.4. The fourth-order valence-corrected chi connectivity index (χ4v) is 2.40. The van der Waals surface area contributed by atoms with Crippen LogP contribution >= 0.6 is 0 Å². The highest BCUT2D eigenvalue weighted by molar-refractivity contribution is 5.99. The van der Waals surface area contributed by atoms with E-state index in [9.17, 15) is 14.4 Å². The summed E-state index contributed by atoms with van der Waals surface area (Å²) in [6.07, 6.45) is 1.43. The Hall–Kier alpha value is -3.01. The predicted octanol–water partition coefficient (Wildman–Crippen LogP) is 4.09. The van der Waals surface area contributed by atoms with E-state index in [-0.39, 0.29) is 18.2 Å². The normalized spacial score (nSPS) is 10.0. The Morgan fingerprint density at radius 2 is 1.12 bits per heavy atom. The first-order chi connectivity index (χ1) is 11.9. The van der Waals surface area contributed by atoms with Crippen molar-refractivity contribution in [2.75, 3.05) is 6.61 Å². The first-order valence-corrected chi connectivity index (χ1v) is 8.03. The maximum Gasteiger partial charge on any atom is 0.331 e. The SMILES string of the molecule is CCOC(=O)C=C(c1ccc(C(C)=O)cc1)c1ccc(C(C)=O)cc1. The van der Waals surface area contributed by atoms with E-state index in [1.54, 1.807) is 55.5 Å². The van der Waals surface area contributed by atoms with Gasteiger partial charge in [-0.2, -0.15) is 0 Å². The van der Waals surface area contributed by atoms with E-state index in [0.29, 0.717) is 16.7 Å². The molecule has 0 radical (unpaired) electrons. The third kappa shape index (κ3) is 4.73. The number of Topliss-reactive ketones (excluding diaryl/α,β-unsaturated/α-hetero) is 2. The molecule has 0 aliphatic rings. The lowest BCUT2D eigenvalue weighted by Crippen LogP contribution is -2.02. The third-order valence-corrected chi connectivity index (χ3v) is 3.75. The van der Waals surface area contributed by atoms with E-state index < -0.39 is 5.97 Å². The van der Waals surface area contributed by atoms with Gasteiger partial charge in [0.15, 0.2) is 11.6 Å². The van der Waals surface area contributed by atoms with Crippen LogP contribution in [0.2, 0.25) is 0 Å². The van der Waals surface area contributed by atoms with Crippen LogP contribution in [0.3, 0.4) is 0 Å². The van der Waals surface area contributed by atoms with Gasteiger partial charge in [-0.15, -0.1) is 0 Å². The van der Waals surface area contributed by atoms with Crippen molar-refractivity contribution in [3.05, 3.63) is 76.9 Å². The van der Waals surface area contributed by atoms with E-state index in [1.807, 2.05) is 0 Å². The minimum atomic E-state index is -0.441. The summed E-state index contributed by atoms with van der Waals surface area (Å²) in [5.41, 5.74) is 3.45. The van der Waals surface area contributed by atoms with Crippen LogP contribution in [0.15, 0.2) is 54.6 Å². The Morgan fingerprint density at radius 1 is 0.760 bits per heavy atom. The molecule has 2 rings (SSSR count). The first kappa shape index (κ1) is 18.3. The number of esters is 1. The standard InChI is InChI=1S/C21H20O4/c1-4-25-21(24)13-20(18-9-5-16(6-10-18)14(2)22)19-11-7-17(8-12-19)15(3)23/h5-13H,4H2,1-3H3. The van der Waals surface area contributed by atoms with E-state index in [0.717, 1.165) is 11.1 Å². The lowest BCUT2D eigenvalue weighted by molar-refractivity contribution is -0.137. The number of ether oxygens (including phenoxy) is 1. The van der Waals surface area contributed by atoms with Gasteiger partial charge in [-0.3, -0.25) is 9.59 Å². The highest BCUT2D eigenvalue weighted by Gasteiger charge is 2.10. The summed E-state index contributed by atoms with van der Waals surface area (Å²) < 4.78 is 5.02. The fraction of sp³-hybridized carbons (Fsp3) is 0.190. The lowest BCUT2D eigenvalue weighted by atomic mass is 9.95. The summed E-state index contributed by atoms with van der Waals surface area (Å²) in [5, 5.41) is 0. The van der Waals surface area contributed by atoms with E-state index in [4.69, 9.17) is 4.74 Å². The molecule has 2 aromatic rings. The first-order valence-electron chi connectivity index (χ1n) is 8.03. The molecule has 2 aromatic carbocycles. The van der Waals surface area contributed by atoms with Gasteiger partial charge in [-0.05, 0) is 37.5 Å². The highest BCUT2D eigenvalue weighted by Crippen LogP contribution is 2.25. The molecule has 0 aromatic heterocycles. The van der Waals surface area contributed by atoms with Crippen LogP contribution in [0.4, 0.5) is 0 Å². The van der Waals surface area contributed by atoms with Gasteiger partial charge in [0.25, 0.3) is 0 Å². The second kappa shape index (κ2) is 8.20. The Kier molecular flexibility index (Phi) is 6.01. The van der Waals surface area contributed by atoms with E-state index in [1.165, 1.54) is 19.9 Å². The molecule has 0 bridgehead atoms. The number of carbonyl (C=O) groups excluding carboxylic acids is 3. The molecule has 0 unspecified atom stereocenters. The molecule has 0 fully saturated rings. The molecular weight excluding hydrogens is 316 g/mol. The third-order valence-electron chi connectivity index (χ3n) is 3.75. The number of ketones is 2. The van der Waals surface area contributed by atoms with Gasteiger partial charge in [0.1, 0.15) is 0 Å². The zero-order valence-electron chi connectivity index (χ0n) is 14.5. The molecule has 25 heavy (non-hydrogen) atoms. The number of hydrogen-bond acceptors (Lipinski definition) is 4. The van der Waals surface area contributed by atoms with Crippen molar-refractivity contribution in [1.29, 1.82) is 0 Å². The van der Waals surface area contributed by atoms with Crippen LogP contribution in [-0.2, 0) is 9.53 Å². The van der Waals surface area contributed by atoms with Gasteiger partial charge in [0.2, 0.25) is 0 Å². The molecule has 4 nitrogen and oxygen atoms in total. The molecule has 128 valence electrons. The van der Waals surface area contributed by atoms with Gasteiger partial charge >= 0.3 is 5.97 Å². The van der Waals surface area contributed by atoms with Crippen molar-refractivity contribution in [3.63, 3.8) is 0 Å². The summed E-state index contributed by atoms with van der Waals surface area (Å²) in [6.45, 7) is 5.04. The molecular formula is C21H20O4. The Balaban J connectivity index is 2.47. The molecule has 0 N–H and O–H groups in total. The second-order valence-corrected chi connectivity index (χ2v) is 5.58. The fourth-order valence-electron chi connectivity index (χ4n) is 2.40. The summed E-state index contributed by atoms with van der Waals surface area (Å²) >= 11 is 0. The van der Waals surface area contributed by atoms with Crippen LogP contribution in [0, 0.1) is 0 Å². The van der Waals surface area contributed by atoms with Gasteiger partial charge in [-0.1, -0.05) is 48.5 Å². The molecule has 0 aliphatic heterocycles. The monoisotopic (exact) mass is 336 g/mol. The van der Waals surface area contributed by atoms with Gasteiger partial charge in [0.05, 0.1) is 6.61 Å². The lowest BCUT2D eigenvalue weighted by Gasteiger charge is -2.10. The summed E-state index contributed by atoms with van der Waals surface area (Å²) in [5.74, 6) is -0.481. The Morgan fingerprint density at radius 3 is 1.44 bits per heavy atom. The van der Waals surface area contributed by atoms with E-state index >= 15 is 0 Å². The van der Waals surface area contributed by atoms with Crippen molar-refractivity contribution in [2.45, 2.75) is 20.8 Å². The van der Waals surface area contributed by atoms with Crippen LogP contribution in [-0.4, -0.2) is 24.1 Å². The average Bonchev–Trinajstić information content (AvgIpc) is 2.60. The number of carbonyl (C=O) groups is 3. The summed E-state index contributed by atoms with van der Waals surface area (Å²) in [7, 11) is 0. The average molecular weight is 336 g/mol. The highest BCUT2D eigenvalue weighted by atomic mass is 16.5. The molecule has 4 heteroatoms. The zero-order valence-corrected chi connectivity index (χ0v) is 14.5. The van der Waals surface area contributed by atoms with Crippen LogP contribution < -0.4 is 0 Å². The number of hydrogen-bond donors (Lipinski definition) is 0. The van der Waals surface area contributed by atoms with Gasteiger partial charge in [0, 0.05) is 17.2 Å². The van der Waals surface area contributed by atoms with Gasteiger partial charge in [-0.25, -0.2) is 4.79 Å². The Bertz CT molecular complexity index is 752. The second-order valence-electron chi connectivity index (χ2n) is 5.58. The molecule has 0 saturated carbocycles. The largest absolute Gasteiger partial charge is 0.463 e. The topological polar surface area (TPSA) is 60.4 Å². The van der Waals surface area contributed by atoms with Crippen LogP contribution in [0.5, 0.6) is 0 Å². The van der Waals surface area contributed by atoms with E-state index in [2.05, 4.69) is 0 Å². The maximum absolute atomic E-state index is 11.9. The predicted molar refractivity (Wildman–Crippen MR) is 96.6 cm³/mol. The summed E-state index contributed by atoms with van der Waals surface area (Å²) in [4.78, 5) is 34.8. The molecule has 0 amide bonds. The van der Waals surface area contributed by atoms with Crippen molar-refractivity contribution in [2.24, 2.45) is 0 Å². The molecule has 0 saturated heterocycles. The minimum absolute atomic E-state index is 0.0201. The summed E-state index contributed by atoms with van der Waals surface area (Å²) in [6, 6.07) is 14.1. The quantitative estimate of drug-likeness (QED) is 0.453. The maximum atomic E-state index is 11.9. The number of rotatable bonds is 6. The van der Waals surface area contributed by atoms with Crippen molar-refractivity contribution >= 4 is 23.1 Å². The Labute approximate surface area is 147 Å². The van der Waals surface area contributed by atoms with Crippen molar-refractivity contribution in [1.82, 2.24) is 0 Å². The molecule has 0 aliphatic carbocycles. The van der Waals surface area contributed by atoms with Crippen LogP contribution in [0.25, 0.3) is 5.57 Å². The smallest absolute Gasteiger partial charge is 0.331 e.